The highest BCUT2D eigenvalue weighted by molar-refractivity contribution is 5.65. The zero-order chi connectivity index (χ0) is 18.9. The molecule has 0 N–H and O–H groups in total. The molecule has 2 heterocycles. The SMILES string of the molecule is CC(=O)OCC(C)C1=CC2OC2(C)CCC=C(C)CCC2OC2(C)CC1. The van der Waals surface area contributed by atoms with Crippen LogP contribution in [0.2, 0.25) is 0 Å². The molecule has 2 saturated heterocycles. The number of rotatable bonds is 3. The molecule has 3 aliphatic rings. The van der Waals surface area contributed by atoms with Gasteiger partial charge in [-0.3, -0.25) is 4.79 Å². The van der Waals surface area contributed by atoms with Crippen LogP contribution in [0.4, 0.5) is 0 Å². The van der Waals surface area contributed by atoms with E-state index in [-0.39, 0.29) is 29.2 Å². The van der Waals surface area contributed by atoms with Crippen LogP contribution in [0.25, 0.3) is 0 Å². The summed E-state index contributed by atoms with van der Waals surface area (Å²) in [6.45, 7) is 10.7. The third-order valence-electron chi connectivity index (χ3n) is 6.36. The molecule has 0 aromatic carbocycles. The van der Waals surface area contributed by atoms with Gasteiger partial charge in [-0.1, -0.05) is 30.2 Å². The van der Waals surface area contributed by atoms with Crippen molar-refractivity contribution in [1.29, 1.82) is 0 Å². The monoisotopic (exact) mass is 362 g/mol. The van der Waals surface area contributed by atoms with Crippen LogP contribution in [-0.4, -0.2) is 36.0 Å². The first-order valence-electron chi connectivity index (χ1n) is 10.1. The van der Waals surface area contributed by atoms with Gasteiger partial charge in [0.05, 0.1) is 23.9 Å². The van der Waals surface area contributed by atoms with Crippen molar-refractivity contribution in [2.75, 3.05) is 6.61 Å². The minimum Gasteiger partial charge on any atom is -0.465 e. The molecule has 0 amide bonds. The lowest BCUT2D eigenvalue weighted by atomic mass is 9.88. The summed E-state index contributed by atoms with van der Waals surface area (Å²) in [6, 6.07) is 0. The van der Waals surface area contributed by atoms with Gasteiger partial charge in [0, 0.05) is 12.8 Å². The Balaban J connectivity index is 1.72. The van der Waals surface area contributed by atoms with Gasteiger partial charge in [0.2, 0.25) is 0 Å². The lowest BCUT2D eigenvalue weighted by Crippen LogP contribution is -2.17. The second kappa shape index (κ2) is 7.47. The topological polar surface area (TPSA) is 51.4 Å². The third kappa shape index (κ3) is 4.77. The average molecular weight is 363 g/mol. The maximum Gasteiger partial charge on any atom is 0.302 e. The van der Waals surface area contributed by atoms with Crippen molar-refractivity contribution in [2.45, 2.75) is 96.6 Å². The number of ether oxygens (including phenoxy) is 3. The predicted octanol–water partition coefficient (Wildman–Crippen LogP) is 4.73. The van der Waals surface area contributed by atoms with Gasteiger partial charge in [0.15, 0.2) is 0 Å². The highest BCUT2D eigenvalue weighted by Gasteiger charge is 2.52. The molecule has 4 nitrogen and oxygen atoms in total. The second-order valence-electron chi connectivity index (χ2n) is 8.84. The normalized spacial score (nSPS) is 38.7. The molecule has 0 spiro atoms. The highest BCUT2D eigenvalue weighted by Crippen LogP contribution is 2.46. The number of carbonyl (C=O) groups is 1. The Kier molecular flexibility index (Phi) is 5.64. The fraction of sp³-hybridized carbons (Fsp3) is 0.773. The summed E-state index contributed by atoms with van der Waals surface area (Å²) in [5, 5.41) is 0. The van der Waals surface area contributed by atoms with Crippen LogP contribution in [0.15, 0.2) is 23.3 Å². The van der Waals surface area contributed by atoms with Gasteiger partial charge in [-0.25, -0.2) is 0 Å². The van der Waals surface area contributed by atoms with Gasteiger partial charge in [-0.05, 0) is 59.3 Å². The zero-order valence-corrected chi connectivity index (χ0v) is 17.0. The fourth-order valence-corrected chi connectivity index (χ4v) is 4.04. The van der Waals surface area contributed by atoms with Crippen molar-refractivity contribution in [1.82, 2.24) is 0 Å². The molecular formula is C22H34O4. The van der Waals surface area contributed by atoms with Crippen molar-refractivity contribution in [2.24, 2.45) is 5.92 Å². The van der Waals surface area contributed by atoms with Crippen LogP contribution in [0.5, 0.6) is 0 Å². The van der Waals surface area contributed by atoms with E-state index >= 15 is 0 Å². The van der Waals surface area contributed by atoms with Crippen LogP contribution in [0.3, 0.4) is 0 Å². The molecule has 2 fully saturated rings. The molecule has 0 radical (unpaired) electrons. The largest absolute Gasteiger partial charge is 0.465 e. The maximum absolute atomic E-state index is 11.2. The number of epoxide rings is 2. The van der Waals surface area contributed by atoms with Crippen LogP contribution >= 0.6 is 0 Å². The maximum atomic E-state index is 11.2. The average Bonchev–Trinajstić information content (AvgIpc) is 3.42. The molecule has 5 unspecified atom stereocenters. The second-order valence-corrected chi connectivity index (χ2v) is 8.84. The number of hydrogen-bond acceptors (Lipinski definition) is 4. The first-order chi connectivity index (χ1) is 12.2. The molecule has 3 rings (SSSR count). The lowest BCUT2D eigenvalue weighted by Gasteiger charge is -2.18. The number of carbonyl (C=O) groups excluding carboxylic acids is 1. The van der Waals surface area contributed by atoms with Gasteiger partial charge in [-0.2, -0.15) is 0 Å². The molecule has 1 aliphatic carbocycles. The molecule has 4 heteroatoms. The Morgan fingerprint density at radius 3 is 2.77 bits per heavy atom. The third-order valence-corrected chi connectivity index (χ3v) is 6.36. The van der Waals surface area contributed by atoms with E-state index in [4.69, 9.17) is 14.2 Å². The van der Waals surface area contributed by atoms with Gasteiger partial charge in [0.25, 0.3) is 0 Å². The highest BCUT2D eigenvalue weighted by atomic mass is 16.6. The van der Waals surface area contributed by atoms with E-state index in [9.17, 15) is 4.79 Å². The van der Waals surface area contributed by atoms with Crippen LogP contribution in [0.1, 0.15) is 73.1 Å². The van der Waals surface area contributed by atoms with Crippen molar-refractivity contribution < 1.29 is 19.0 Å². The van der Waals surface area contributed by atoms with Crippen molar-refractivity contribution in [3.63, 3.8) is 0 Å². The van der Waals surface area contributed by atoms with E-state index in [1.165, 1.54) is 18.1 Å². The minimum absolute atomic E-state index is 0.00164. The quantitative estimate of drug-likeness (QED) is 0.414. The van der Waals surface area contributed by atoms with Crippen molar-refractivity contribution >= 4 is 5.97 Å². The molecular weight excluding hydrogens is 328 g/mol. The Hall–Kier alpha value is -1.13. The Labute approximate surface area is 158 Å². The van der Waals surface area contributed by atoms with Gasteiger partial charge < -0.3 is 14.2 Å². The standard InChI is InChI=1S/C22H34O4/c1-15-7-6-11-21(4)20(26-21)13-18(16(2)14-24-17(3)23)10-12-22(5)19(25-22)9-8-15/h7,13,16,19-20H,6,8-12,14H2,1-5H3. The Morgan fingerprint density at radius 1 is 1.27 bits per heavy atom. The number of allylic oxidation sites excluding steroid dienone is 2. The van der Waals surface area contributed by atoms with E-state index in [1.807, 2.05) is 0 Å². The molecule has 2 aliphatic heterocycles. The van der Waals surface area contributed by atoms with E-state index in [0.29, 0.717) is 12.7 Å². The summed E-state index contributed by atoms with van der Waals surface area (Å²) in [6.07, 6.45) is 11.5. The van der Waals surface area contributed by atoms with Crippen molar-refractivity contribution in [3.8, 4) is 0 Å². The molecule has 0 saturated carbocycles. The molecule has 26 heavy (non-hydrogen) atoms. The Bertz CT molecular complexity index is 607. The summed E-state index contributed by atoms with van der Waals surface area (Å²) in [7, 11) is 0. The molecule has 5 atom stereocenters. The predicted molar refractivity (Wildman–Crippen MR) is 102 cm³/mol. The number of fused-ring (bicyclic) bond motifs is 2. The van der Waals surface area contributed by atoms with Gasteiger partial charge in [-0.15, -0.1) is 0 Å². The van der Waals surface area contributed by atoms with Gasteiger partial charge in [0.1, 0.15) is 6.10 Å². The smallest absolute Gasteiger partial charge is 0.302 e. The first-order valence-corrected chi connectivity index (χ1v) is 10.1. The summed E-state index contributed by atoms with van der Waals surface area (Å²) >= 11 is 0. The zero-order valence-electron chi connectivity index (χ0n) is 17.0. The molecule has 0 aromatic rings. The molecule has 146 valence electrons. The fourth-order valence-electron chi connectivity index (χ4n) is 4.04. The lowest BCUT2D eigenvalue weighted by molar-refractivity contribution is -0.141. The molecule has 0 bridgehead atoms. The first kappa shape index (κ1) is 19.6. The Morgan fingerprint density at radius 2 is 2.04 bits per heavy atom. The van der Waals surface area contributed by atoms with Crippen LogP contribution in [-0.2, 0) is 19.0 Å². The summed E-state index contributed by atoms with van der Waals surface area (Å²) in [5.41, 5.74) is 2.75. The van der Waals surface area contributed by atoms with Gasteiger partial charge >= 0.3 is 5.97 Å². The minimum atomic E-state index is -0.217. The van der Waals surface area contributed by atoms with E-state index in [1.54, 1.807) is 0 Å². The summed E-state index contributed by atoms with van der Waals surface area (Å²) in [5.74, 6) is -0.00578. The molecule has 0 aromatic heterocycles. The van der Waals surface area contributed by atoms with E-state index in [0.717, 1.165) is 38.5 Å². The number of esters is 1. The van der Waals surface area contributed by atoms with E-state index in [2.05, 4.69) is 39.8 Å². The van der Waals surface area contributed by atoms with Crippen molar-refractivity contribution in [3.05, 3.63) is 23.3 Å². The summed E-state index contributed by atoms with van der Waals surface area (Å²) < 4.78 is 17.3. The summed E-state index contributed by atoms with van der Waals surface area (Å²) in [4.78, 5) is 11.2. The number of hydrogen-bond donors (Lipinski definition) is 0. The van der Waals surface area contributed by atoms with Crippen LogP contribution in [0, 0.1) is 5.92 Å². The van der Waals surface area contributed by atoms with E-state index < -0.39 is 0 Å². The van der Waals surface area contributed by atoms with Crippen LogP contribution < -0.4 is 0 Å².